The Morgan fingerprint density at radius 2 is 1.12 bits per heavy atom. The van der Waals surface area contributed by atoms with Crippen LogP contribution in [0, 0.1) is 17.8 Å². The monoisotopic (exact) mass is 258 g/mol. The molecule has 0 aromatic rings. The van der Waals surface area contributed by atoms with Gasteiger partial charge in [0.25, 0.3) is 0 Å². The molecule has 0 amide bonds. The second kappa shape index (κ2) is 8.31. The first kappa shape index (κ1) is 17.2. The zero-order valence-corrected chi connectivity index (χ0v) is 14.2. The van der Waals surface area contributed by atoms with Gasteiger partial charge in [-0.25, -0.2) is 0 Å². The second-order valence-electron chi connectivity index (χ2n) is 6.93. The Balaban J connectivity index is 4.76. The highest BCUT2D eigenvalue weighted by Gasteiger charge is 2.35. The van der Waals surface area contributed by atoms with E-state index in [9.17, 15) is 0 Å². The number of ether oxygens (including phenoxy) is 1. The van der Waals surface area contributed by atoms with Crippen LogP contribution in [-0.2, 0) is 4.74 Å². The molecule has 0 saturated carbocycles. The SMILES string of the molecule is CCOC[Si](CC(C)C)(CC(C)C)CC(C)C. The van der Waals surface area contributed by atoms with E-state index in [1.807, 2.05) is 0 Å². The Kier molecular flexibility index (Phi) is 8.40. The molecule has 0 rings (SSSR count). The van der Waals surface area contributed by atoms with Gasteiger partial charge < -0.3 is 4.74 Å². The van der Waals surface area contributed by atoms with Crippen molar-refractivity contribution in [2.45, 2.75) is 66.6 Å². The van der Waals surface area contributed by atoms with Crippen LogP contribution in [0.25, 0.3) is 0 Å². The highest BCUT2D eigenvalue weighted by Crippen LogP contribution is 2.32. The molecule has 0 saturated heterocycles. The van der Waals surface area contributed by atoms with E-state index in [1.54, 1.807) is 0 Å². The molecule has 2 heteroatoms. The number of rotatable bonds is 9. The summed E-state index contributed by atoms with van der Waals surface area (Å²) in [7, 11) is -1.23. The molecule has 1 nitrogen and oxygen atoms in total. The predicted octanol–water partition coefficient (Wildman–Crippen LogP) is 4.98. The molecule has 0 bridgehead atoms. The van der Waals surface area contributed by atoms with Crippen molar-refractivity contribution in [2.75, 3.05) is 12.8 Å². The lowest BCUT2D eigenvalue weighted by Gasteiger charge is -2.36. The average Bonchev–Trinajstić information content (AvgIpc) is 2.11. The zero-order valence-electron chi connectivity index (χ0n) is 13.2. The minimum Gasteiger partial charge on any atom is -0.385 e. The van der Waals surface area contributed by atoms with Gasteiger partial charge in [-0.15, -0.1) is 0 Å². The van der Waals surface area contributed by atoms with Crippen molar-refractivity contribution in [3.63, 3.8) is 0 Å². The topological polar surface area (TPSA) is 9.23 Å². The Labute approximate surface area is 110 Å². The summed E-state index contributed by atoms with van der Waals surface area (Å²) >= 11 is 0. The molecule has 0 aliphatic rings. The molecular weight excluding hydrogens is 224 g/mol. The van der Waals surface area contributed by atoms with Crippen LogP contribution in [0.2, 0.25) is 18.1 Å². The van der Waals surface area contributed by atoms with Crippen molar-refractivity contribution in [3.8, 4) is 0 Å². The maximum atomic E-state index is 5.86. The summed E-state index contributed by atoms with van der Waals surface area (Å²) < 4.78 is 5.86. The van der Waals surface area contributed by atoms with Gasteiger partial charge in [0, 0.05) is 12.8 Å². The van der Waals surface area contributed by atoms with E-state index in [1.165, 1.54) is 18.1 Å². The van der Waals surface area contributed by atoms with E-state index in [-0.39, 0.29) is 0 Å². The Morgan fingerprint density at radius 1 is 0.765 bits per heavy atom. The van der Waals surface area contributed by atoms with Crippen LogP contribution in [0.3, 0.4) is 0 Å². The van der Waals surface area contributed by atoms with Crippen molar-refractivity contribution in [1.82, 2.24) is 0 Å². The van der Waals surface area contributed by atoms with E-state index in [0.29, 0.717) is 0 Å². The summed E-state index contributed by atoms with van der Waals surface area (Å²) in [5.41, 5.74) is 0. The maximum Gasteiger partial charge on any atom is 0.0844 e. The van der Waals surface area contributed by atoms with Gasteiger partial charge >= 0.3 is 0 Å². The number of hydrogen-bond donors (Lipinski definition) is 0. The summed E-state index contributed by atoms with van der Waals surface area (Å²) in [5, 5.41) is 0. The zero-order chi connectivity index (χ0) is 13.5. The second-order valence-corrected chi connectivity index (χ2v) is 11.4. The molecule has 0 radical (unpaired) electrons. The summed E-state index contributed by atoms with van der Waals surface area (Å²) in [4.78, 5) is 0. The molecule has 0 unspecified atom stereocenters. The lowest BCUT2D eigenvalue weighted by molar-refractivity contribution is 0.185. The molecule has 0 aromatic carbocycles. The standard InChI is InChI=1S/C15H34OSi/c1-8-16-12-17(9-13(2)3,10-14(4)5)11-15(6)7/h13-15H,8-12H2,1-7H3. The molecule has 0 N–H and O–H groups in total. The molecule has 0 fully saturated rings. The molecule has 0 spiro atoms. The van der Waals surface area contributed by atoms with Crippen molar-refractivity contribution in [1.29, 1.82) is 0 Å². The summed E-state index contributed by atoms with van der Waals surface area (Å²) in [5.74, 6) is 2.46. The lowest BCUT2D eigenvalue weighted by Crippen LogP contribution is -2.44. The van der Waals surface area contributed by atoms with E-state index >= 15 is 0 Å². The molecule has 104 valence electrons. The van der Waals surface area contributed by atoms with Crippen LogP contribution in [0.4, 0.5) is 0 Å². The summed E-state index contributed by atoms with van der Waals surface area (Å²) in [6, 6.07) is 4.30. The molecule has 0 atom stereocenters. The molecule has 17 heavy (non-hydrogen) atoms. The summed E-state index contributed by atoms with van der Waals surface area (Å²) in [6.45, 7) is 17.2. The molecule has 0 aliphatic carbocycles. The van der Waals surface area contributed by atoms with Crippen molar-refractivity contribution >= 4 is 8.07 Å². The van der Waals surface area contributed by atoms with Crippen LogP contribution in [-0.4, -0.2) is 20.9 Å². The number of hydrogen-bond acceptors (Lipinski definition) is 1. The first-order valence-electron chi connectivity index (χ1n) is 7.39. The molecule has 0 aliphatic heterocycles. The van der Waals surface area contributed by atoms with Crippen molar-refractivity contribution in [2.24, 2.45) is 17.8 Å². The average molecular weight is 259 g/mol. The smallest absolute Gasteiger partial charge is 0.0844 e. The van der Waals surface area contributed by atoms with E-state index in [2.05, 4.69) is 48.5 Å². The minimum atomic E-state index is -1.23. The fourth-order valence-electron chi connectivity index (χ4n) is 3.34. The molecule has 0 aromatic heterocycles. The third-order valence-corrected chi connectivity index (χ3v) is 9.00. The highest BCUT2D eigenvalue weighted by molar-refractivity contribution is 6.80. The van der Waals surface area contributed by atoms with E-state index < -0.39 is 8.07 Å². The Bertz CT molecular complexity index is 161. The van der Waals surface area contributed by atoms with Gasteiger partial charge in [0.05, 0.1) is 8.07 Å². The predicted molar refractivity (Wildman–Crippen MR) is 81.2 cm³/mol. The molecular formula is C15H34OSi. The molecule has 0 heterocycles. The Morgan fingerprint density at radius 3 is 1.35 bits per heavy atom. The van der Waals surface area contributed by atoms with Gasteiger partial charge in [-0.1, -0.05) is 59.7 Å². The van der Waals surface area contributed by atoms with Gasteiger partial charge in [0.2, 0.25) is 0 Å². The minimum absolute atomic E-state index is 0.819. The largest absolute Gasteiger partial charge is 0.385 e. The van der Waals surface area contributed by atoms with E-state index in [0.717, 1.165) is 30.6 Å². The summed E-state index contributed by atoms with van der Waals surface area (Å²) in [6.07, 6.45) is 1.08. The third kappa shape index (κ3) is 7.99. The highest BCUT2D eigenvalue weighted by atomic mass is 28.3. The third-order valence-electron chi connectivity index (χ3n) is 3.14. The van der Waals surface area contributed by atoms with Crippen LogP contribution in [0.15, 0.2) is 0 Å². The van der Waals surface area contributed by atoms with Gasteiger partial charge in [-0.2, -0.15) is 0 Å². The lowest BCUT2D eigenvalue weighted by atomic mass is 10.2. The van der Waals surface area contributed by atoms with Crippen molar-refractivity contribution < 1.29 is 4.74 Å². The fraction of sp³-hybridized carbons (Fsp3) is 1.00. The van der Waals surface area contributed by atoms with Gasteiger partial charge in [0.15, 0.2) is 0 Å². The van der Waals surface area contributed by atoms with Gasteiger partial charge in [0.1, 0.15) is 0 Å². The quantitative estimate of drug-likeness (QED) is 0.530. The van der Waals surface area contributed by atoms with Crippen molar-refractivity contribution in [3.05, 3.63) is 0 Å². The Hall–Kier alpha value is 0.177. The first-order chi connectivity index (χ1) is 7.81. The maximum absolute atomic E-state index is 5.86. The first-order valence-corrected chi connectivity index (χ1v) is 10.2. The van der Waals surface area contributed by atoms with E-state index in [4.69, 9.17) is 4.74 Å². The van der Waals surface area contributed by atoms with Crippen LogP contribution < -0.4 is 0 Å². The fourth-order valence-corrected chi connectivity index (χ4v) is 10.0. The van der Waals surface area contributed by atoms with Gasteiger partial charge in [-0.3, -0.25) is 0 Å². The normalized spacial score (nSPS) is 13.1. The van der Waals surface area contributed by atoms with Crippen LogP contribution >= 0.6 is 0 Å². The van der Waals surface area contributed by atoms with Crippen LogP contribution in [0.1, 0.15) is 48.5 Å². The van der Waals surface area contributed by atoms with Gasteiger partial charge in [-0.05, 0) is 24.7 Å². The van der Waals surface area contributed by atoms with Crippen LogP contribution in [0.5, 0.6) is 0 Å².